The van der Waals surface area contributed by atoms with Crippen molar-refractivity contribution in [1.82, 2.24) is 0 Å². The summed E-state index contributed by atoms with van der Waals surface area (Å²) < 4.78 is 39.6. The van der Waals surface area contributed by atoms with Crippen LogP contribution in [0.5, 0.6) is 5.75 Å². The quantitative estimate of drug-likeness (QED) is 0.909. The number of halogens is 1. The molecule has 0 bridgehead atoms. The molecule has 0 aliphatic heterocycles. The molecule has 4 nitrogen and oxygen atoms in total. The number of aromatic hydroxyl groups is 1. The number of anilines is 1. The lowest BCUT2D eigenvalue weighted by atomic mass is 10.2. The monoisotopic (exact) mass is 281 g/mol. The van der Waals surface area contributed by atoms with Crippen molar-refractivity contribution in [2.75, 3.05) is 4.72 Å². The van der Waals surface area contributed by atoms with E-state index in [0.29, 0.717) is 5.56 Å². The van der Waals surface area contributed by atoms with Crippen molar-refractivity contribution >= 4 is 15.7 Å². The molecule has 19 heavy (non-hydrogen) atoms. The van der Waals surface area contributed by atoms with Gasteiger partial charge in [-0.2, -0.15) is 0 Å². The van der Waals surface area contributed by atoms with Crippen molar-refractivity contribution in [3.63, 3.8) is 0 Å². The van der Waals surface area contributed by atoms with Gasteiger partial charge in [0.15, 0.2) is 0 Å². The highest BCUT2D eigenvalue weighted by atomic mass is 32.2. The first kappa shape index (κ1) is 13.4. The molecule has 0 atom stereocenters. The standard InChI is InChI=1S/C13H12FNO3S/c1-9-5-6-10(7-13(9)14)15-19(17,18)12-4-2-3-11(16)8-12/h2-8,15-16H,1H3. The molecular weight excluding hydrogens is 269 g/mol. The molecule has 2 rings (SSSR count). The van der Waals surface area contributed by atoms with E-state index in [1.165, 1.54) is 30.3 Å². The van der Waals surface area contributed by atoms with Gasteiger partial charge in [0.05, 0.1) is 10.6 Å². The molecule has 0 fully saturated rings. The van der Waals surface area contributed by atoms with Crippen LogP contribution in [0.3, 0.4) is 0 Å². The molecule has 0 aromatic heterocycles. The van der Waals surface area contributed by atoms with Crippen LogP contribution in [0.4, 0.5) is 10.1 Å². The lowest BCUT2D eigenvalue weighted by Gasteiger charge is -2.09. The number of rotatable bonds is 3. The minimum atomic E-state index is -3.84. The Morgan fingerprint density at radius 3 is 2.53 bits per heavy atom. The molecule has 0 amide bonds. The van der Waals surface area contributed by atoms with Crippen LogP contribution >= 0.6 is 0 Å². The lowest BCUT2D eigenvalue weighted by molar-refractivity contribution is 0.473. The molecule has 100 valence electrons. The summed E-state index contributed by atoms with van der Waals surface area (Å²) in [6, 6.07) is 9.30. The number of phenolic OH excluding ortho intramolecular Hbond substituents is 1. The minimum absolute atomic E-state index is 0.0894. The molecule has 6 heteroatoms. The second-order valence-electron chi connectivity index (χ2n) is 4.07. The summed E-state index contributed by atoms with van der Waals surface area (Å²) in [5.74, 6) is -0.644. The van der Waals surface area contributed by atoms with Gasteiger partial charge >= 0.3 is 0 Å². The molecule has 2 aromatic rings. The summed E-state index contributed by atoms with van der Waals surface area (Å²) in [6.45, 7) is 1.59. The fraction of sp³-hybridized carbons (Fsp3) is 0.0769. The first-order valence-corrected chi connectivity index (χ1v) is 6.95. The van der Waals surface area contributed by atoms with Crippen LogP contribution in [0.15, 0.2) is 47.4 Å². The average molecular weight is 281 g/mol. The van der Waals surface area contributed by atoms with Crippen LogP contribution in [-0.2, 0) is 10.0 Å². The van der Waals surface area contributed by atoms with Crippen molar-refractivity contribution < 1.29 is 17.9 Å². The average Bonchev–Trinajstić information content (AvgIpc) is 2.33. The summed E-state index contributed by atoms with van der Waals surface area (Å²) in [5.41, 5.74) is 0.562. The Kier molecular flexibility index (Phi) is 3.44. The summed E-state index contributed by atoms with van der Waals surface area (Å²) in [4.78, 5) is -0.0894. The van der Waals surface area contributed by atoms with E-state index in [4.69, 9.17) is 0 Å². The number of hydrogen-bond donors (Lipinski definition) is 2. The van der Waals surface area contributed by atoms with Crippen LogP contribution in [-0.4, -0.2) is 13.5 Å². The smallest absolute Gasteiger partial charge is 0.262 e. The fourth-order valence-electron chi connectivity index (χ4n) is 1.52. The van der Waals surface area contributed by atoms with Crippen molar-refractivity contribution in [3.8, 4) is 5.75 Å². The summed E-state index contributed by atoms with van der Waals surface area (Å²) in [5, 5.41) is 9.27. The molecule has 0 saturated carbocycles. The van der Waals surface area contributed by atoms with Crippen LogP contribution in [0, 0.1) is 12.7 Å². The fourth-order valence-corrected chi connectivity index (χ4v) is 2.61. The number of phenols is 1. The molecule has 0 aliphatic carbocycles. The maximum Gasteiger partial charge on any atom is 0.262 e. The predicted molar refractivity (Wildman–Crippen MR) is 70.1 cm³/mol. The highest BCUT2D eigenvalue weighted by Gasteiger charge is 2.15. The van der Waals surface area contributed by atoms with Gasteiger partial charge in [-0.25, -0.2) is 12.8 Å². The summed E-state index contributed by atoms with van der Waals surface area (Å²) in [7, 11) is -3.84. The molecule has 0 radical (unpaired) electrons. The van der Waals surface area contributed by atoms with Gasteiger partial charge in [-0.15, -0.1) is 0 Å². The van der Waals surface area contributed by atoms with Crippen molar-refractivity contribution in [2.24, 2.45) is 0 Å². The number of hydrogen-bond acceptors (Lipinski definition) is 3. The molecule has 2 aromatic carbocycles. The third-order valence-electron chi connectivity index (χ3n) is 2.55. The Morgan fingerprint density at radius 2 is 1.89 bits per heavy atom. The predicted octanol–water partition coefficient (Wildman–Crippen LogP) is 2.64. The number of aryl methyl sites for hydroxylation is 1. The zero-order chi connectivity index (χ0) is 14.0. The van der Waals surface area contributed by atoms with Crippen LogP contribution in [0.2, 0.25) is 0 Å². The van der Waals surface area contributed by atoms with E-state index in [9.17, 15) is 17.9 Å². The minimum Gasteiger partial charge on any atom is -0.508 e. The van der Waals surface area contributed by atoms with E-state index in [1.807, 2.05) is 0 Å². The maximum atomic E-state index is 13.3. The number of benzene rings is 2. The van der Waals surface area contributed by atoms with E-state index in [2.05, 4.69) is 4.72 Å². The highest BCUT2D eigenvalue weighted by Crippen LogP contribution is 2.20. The Labute approximate surface area is 110 Å². The second kappa shape index (κ2) is 4.89. The van der Waals surface area contributed by atoms with Crippen molar-refractivity contribution in [1.29, 1.82) is 0 Å². The summed E-state index contributed by atoms with van der Waals surface area (Å²) >= 11 is 0. The van der Waals surface area contributed by atoms with E-state index in [-0.39, 0.29) is 16.3 Å². The molecule has 0 spiro atoms. The van der Waals surface area contributed by atoms with Gasteiger partial charge in [0.1, 0.15) is 11.6 Å². The normalized spacial score (nSPS) is 11.3. The Hall–Kier alpha value is -2.08. The molecule has 0 unspecified atom stereocenters. The first-order valence-electron chi connectivity index (χ1n) is 5.46. The Bertz CT molecular complexity index is 714. The van der Waals surface area contributed by atoms with Gasteiger partial charge in [0, 0.05) is 6.07 Å². The van der Waals surface area contributed by atoms with Crippen LogP contribution < -0.4 is 4.72 Å². The van der Waals surface area contributed by atoms with E-state index < -0.39 is 15.8 Å². The molecule has 0 aliphatic rings. The van der Waals surface area contributed by atoms with Gasteiger partial charge in [0.25, 0.3) is 10.0 Å². The van der Waals surface area contributed by atoms with Gasteiger partial charge in [0.2, 0.25) is 0 Å². The van der Waals surface area contributed by atoms with Gasteiger partial charge in [-0.05, 0) is 36.8 Å². The molecule has 0 saturated heterocycles. The molecule has 0 heterocycles. The third-order valence-corrected chi connectivity index (χ3v) is 3.93. The highest BCUT2D eigenvalue weighted by molar-refractivity contribution is 7.92. The van der Waals surface area contributed by atoms with E-state index in [1.54, 1.807) is 6.92 Å². The second-order valence-corrected chi connectivity index (χ2v) is 5.75. The van der Waals surface area contributed by atoms with Gasteiger partial charge in [-0.1, -0.05) is 12.1 Å². The third kappa shape index (κ3) is 3.03. The topological polar surface area (TPSA) is 66.4 Å². The number of nitrogens with one attached hydrogen (secondary N) is 1. The Balaban J connectivity index is 2.33. The SMILES string of the molecule is Cc1ccc(NS(=O)(=O)c2cccc(O)c2)cc1F. The number of sulfonamides is 1. The zero-order valence-corrected chi connectivity index (χ0v) is 10.9. The maximum absolute atomic E-state index is 13.3. The molecular formula is C13H12FNO3S. The van der Waals surface area contributed by atoms with Crippen molar-refractivity contribution in [3.05, 3.63) is 53.8 Å². The van der Waals surface area contributed by atoms with Crippen LogP contribution in [0.25, 0.3) is 0 Å². The van der Waals surface area contributed by atoms with Gasteiger partial charge < -0.3 is 5.11 Å². The Morgan fingerprint density at radius 1 is 1.16 bits per heavy atom. The van der Waals surface area contributed by atoms with Crippen molar-refractivity contribution in [2.45, 2.75) is 11.8 Å². The lowest BCUT2D eigenvalue weighted by Crippen LogP contribution is -2.13. The zero-order valence-electron chi connectivity index (χ0n) is 10.1. The summed E-state index contributed by atoms with van der Waals surface area (Å²) in [6.07, 6.45) is 0. The van der Waals surface area contributed by atoms with E-state index >= 15 is 0 Å². The van der Waals surface area contributed by atoms with Crippen LogP contribution in [0.1, 0.15) is 5.56 Å². The largest absolute Gasteiger partial charge is 0.508 e. The van der Waals surface area contributed by atoms with E-state index in [0.717, 1.165) is 12.1 Å². The molecule has 2 N–H and O–H groups in total. The first-order chi connectivity index (χ1) is 8.88. The van der Waals surface area contributed by atoms with Gasteiger partial charge in [-0.3, -0.25) is 4.72 Å².